The fourth-order valence-corrected chi connectivity index (χ4v) is 1.20. The van der Waals surface area contributed by atoms with Gasteiger partial charge in [-0.25, -0.2) is 0 Å². The van der Waals surface area contributed by atoms with Gasteiger partial charge in [0.1, 0.15) is 0 Å². The van der Waals surface area contributed by atoms with Crippen LogP contribution in [0.1, 0.15) is 26.2 Å². The van der Waals surface area contributed by atoms with Crippen molar-refractivity contribution in [2.75, 3.05) is 7.05 Å². The Labute approximate surface area is 93.3 Å². The molecule has 0 aliphatic heterocycles. The lowest BCUT2D eigenvalue weighted by atomic mass is 10.1. The van der Waals surface area contributed by atoms with Crippen molar-refractivity contribution >= 4 is 0 Å². The summed E-state index contributed by atoms with van der Waals surface area (Å²) in [6, 6.07) is 0. The third kappa shape index (κ3) is 5.95. The van der Waals surface area contributed by atoms with Gasteiger partial charge >= 0.3 is 0 Å². The number of allylic oxidation sites excluding steroid dienone is 7. The summed E-state index contributed by atoms with van der Waals surface area (Å²) in [6.45, 7) is 2.31. The first-order valence-electron chi connectivity index (χ1n) is 5.60. The summed E-state index contributed by atoms with van der Waals surface area (Å²) in [4.78, 5) is 0. The first-order chi connectivity index (χ1) is 7.27. The van der Waals surface area contributed by atoms with E-state index < -0.39 is 0 Å². The van der Waals surface area contributed by atoms with E-state index in [0.717, 1.165) is 6.42 Å². The van der Waals surface area contributed by atoms with E-state index in [-0.39, 0.29) is 0 Å². The molecule has 1 nitrogen and oxygen atoms in total. The minimum atomic E-state index is 0.524. The van der Waals surface area contributed by atoms with E-state index in [4.69, 9.17) is 0 Å². The lowest BCUT2D eigenvalue weighted by molar-refractivity contribution is 0.748. The summed E-state index contributed by atoms with van der Waals surface area (Å²) in [5.41, 5.74) is 0.524. The molecule has 0 heterocycles. The minimum absolute atomic E-state index is 0.524. The predicted octanol–water partition coefficient (Wildman–Crippen LogP) is 3.58. The average molecular weight is 203 g/mol. The van der Waals surface area contributed by atoms with E-state index in [0.29, 0.717) is 5.41 Å². The van der Waals surface area contributed by atoms with Gasteiger partial charge in [0.25, 0.3) is 0 Å². The Hall–Kier alpha value is -1.24. The van der Waals surface area contributed by atoms with Crippen LogP contribution in [0, 0.1) is 5.41 Å². The maximum atomic E-state index is 2.94. The van der Waals surface area contributed by atoms with Crippen LogP contribution < -0.4 is 5.32 Å². The normalized spacial score (nSPS) is 19.9. The fraction of sp³-hybridized carbons (Fsp3) is 0.429. The van der Waals surface area contributed by atoms with Crippen LogP contribution >= 0.6 is 0 Å². The molecule has 0 bridgehead atoms. The molecular weight excluding hydrogens is 182 g/mol. The van der Waals surface area contributed by atoms with E-state index in [1.807, 2.05) is 25.4 Å². The van der Waals surface area contributed by atoms with Gasteiger partial charge in [-0.15, -0.1) is 0 Å². The molecule has 1 fully saturated rings. The second kappa shape index (κ2) is 6.28. The molecule has 0 radical (unpaired) electrons. The molecule has 1 aliphatic rings. The number of hydrogen-bond acceptors (Lipinski definition) is 1. The SMILES string of the molecule is CN/C=C\C=C/C/C=C\C=C/C1(C)CC1. The maximum Gasteiger partial charge on any atom is 0.00277 e. The summed E-state index contributed by atoms with van der Waals surface area (Å²) >= 11 is 0. The summed E-state index contributed by atoms with van der Waals surface area (Å²) in [5.74, 6) is 0. The molecule has 82 valence electrons. The zero-order valence-corrected chi connectivity index (χ0v) is 9.74. The molecule has 0 aromatic carbocycles. The van der Waals surface area contributed by atoms with Crippen molar-refractivity contribution in [1.82, 2.24) is 5.32 Å². The van der Waals surface area contributed by atoms with Crippen molar-refractivity contribution in [3.8, 4) is 0 Å². The van der Waals surface area contributed by atoms with Crippen LogP contribution in [-0.2, 0) is 0 Å². The summed E-state index contributed by atoms with van der Waals surface area (Å²) in [7, 11) is 1.90. The number of hydrogen-bond donors (Lipinski definition) is 1. The highest BCUT2D eigenvalue weighted by Gasteiger charge is 2.33. The topological polar surface area (TPSA) is 12.0 Å². The second-order valence-corrected chi connectivity index (χ2v) is 4.25. The Morgan fingerprint density at radius 1 is 1.07 bits per heavy atom. The van der Waals surface area contributed by atoms with Crippen LogP contribution in [0.15, 0.2) is 48.7 Å². The summed E-state index contributed by atoms with van der Waals surface area (Å²) in [6.07, 6.45) is 20.6. The minimum Gasteiger partial charge on any atom is -0.394 e. The van der Waals surface area contributed by atoms with Gasteiger partial charge in [-0.3, -0.25) is 0 Å². The Kier molecular flexibility index (Phi) is 4.96. The standard InChI is InChI=1S/C14H21N/c1-14(11-12-14)10-8-6-4-3-5-7-9-13-15-2/h4-10,13,15H,3,11-12H2,1-2H3/b6-4-,7-5-,10-8-,13-9-. The van der Waals surface area contributed by atoms with E-state index >= 15 is 0 Å². The third-order valence-electron chi connectivity index (χ3n) is 2.57. The highest BCUT2D eigenvalue weighted by molar-refractivity contribution is 5.14. The van der Waals surface area contributed by atoms with Crippen molar-refractivity contribution < 1.29 is 0 Å². The molecule has 0 spiro atoms. The van der Waals surface area contributed by atoms with E-state index in [9.17, 15) is 0 Å². The molecule has 0 aromatic rings. The molecule has 1 saturated carbocycles. The number of nitrogens with one attached hydrogen (secondary N) is 1. The smallest absolute Gasteiger partial charge is 0.00277 e. The lowest BCUT2D eigenvalue weighted by Crippen LogP contribution is -1.89. The molecule has 15 heavy (non-hydrogen) atoms. The second-order valence-electron chi connectivity index (χ2n) is 4.25. The highest BCUT2D eigenvalue weighted by atomic mass is 14.8. The quantitative estimate of drug-likeness (QED) is 0.651. The molecule has 1 aliphatic carbocycles. The fourth-order valence-electron chi connectivity index (χ4n) is 1.20. The van der Waals surface area contributed by atoms with Gasteiger partial charge < -0.3 is 5.32 Å². The predicted molar refractivity (Wildman–Crippen MR) is 67.6 cm³/mol. The summed E-state index contributed by atoms with van der Waals surface area (Å²) < 4.78 is 0. The van der Waals surface area contributed by atoms with Gasteiger partial charge in [-0.2, -0.15) is 0 Å². The van der Waals surface area contributed by atoms with Gasteiger partial charge in [0.05, 0.1) is 0 Å². The van der Waals surface area contributed by atoms with E-state index in [2.05, 4.69) is 42.6 Å². The third-order valence-corrected chi connectivity index (χ3v) is 2.57. The molecule has 0 atom stereocenters. The Morgan fingerprint density at radius 2 is 1.73 bits per heavy atom. The number of rotatable bonds is 6. The zero-order chi connectivity index (χ0) is 11.0. The van der Waals surface area contributed by atoms with Crippen molar-refractivity contribution in [3.05, 3.63) is 48.7 Å². The lowest BCUT2D eigenvalue weighted by Gasteiger charge is -1.94. The zero-order valence-electron chi connectivity index (χ0n) is 9.74. The van der Waals surface area contributed by atoms with Crippen molar-refractivity contribution in [1.29, 1.82) is 0 Å². The molecule has 0 saturated heterocycles. The molecule has 1 rings (SSSR count). The molecule has 1 N–H and O–H groups in total. The van der Waals surface area contributed by atoms with Gasteiger partial charge in [-0.05, 0) is 37.0 Å². The van der Waals surface area contributed by atoms with Crippen molar-refractivity contribution in [3.63, 3.8) is 0 Å². The van der Waals surface area contributed by atoms with Gasteiger partial charge in [-0.1, -0.05) is 43.4 Å². The maximum absolute atomic E-state index is 2.94. The summed E-state index contributed by atoms with van der Waals surface area (Å²) in [5, 5.41) is 2.94. The van der Waals surface area contributed by atoms with Crippen LogP contribution in [0.5, 0.6) is 0 Å². The molecular formula is C14H21N. The van der Waals surface area contributed by atoms with Crippen LogP contribution in [0.4, 0.5) is 0 Å². The first-order valence-corrected chi connectivity index (χ1v) is 5.60. The van der Waals surface area contributed by atoms with E-state index in [1.165, 1.54) is 12.8 Å². The average Bonchev–Trinajstić information content (AvgIpc) is 2.95. The van der Waals surface area contributed by atoms with Crippen molar-refractivity contribution in [2.45, 2.75) is 26.2 Å². The molecule has 1 heteroatoms. The van der Waals surface area contributed by atoms with Gasteiger partial charge in [0, 0.05) is 7.05 Å². The van der Waals surface area contributed by atoms with Crippen LogP contribution in [0.3, 0.4) is 0 Å². The monoisotopic (exact) mass is 203 g/mol. The Balaban J connectivity index is 2.09. The van der Waals surface area contributed by atoms with Crippen LogP contribution in [-0.4, -0.2) is 7.05 Å². The molecule has 0 aromatic heterocycles. The first kappa shape index (κ1) is 11.8. The Bertz CT molecular complexity index is 278. The van der Waals surface area contributed by atoms with Crippen molar-refractivity contribution in [2.24, 2.45) is 5.41 Å². The van der Waals surface area contributed by atoms with Crippen LogP contribution in [0.25, 0.3) is 0 Å². The largest absolute Gasteiger partial charge is 0.394 e. The highest BCUT2D eigenvalue weighted by Crippen LogP contribution is 2.46. The van der Waals surface area contributed by atoms with E-state index in [1.54, 1.807) is 0 Å². The Morgan fingerprint density at radius 3 is 2.33 bits per heavy atom. The van der Waals surface area contributed by atoms with Gasteiger partial charge in [0.2, 0.25) is 0 Å². The van der Waals surface area contributed by atoms with Crippen LogP contribution in [0.2, 0.25) is 0 Å². The molecule has 0 amide bonds. The molecule has 0 unspecified atom stereocenters. The van der Waals surface area contributed by atoms with Gasteiger partial charge in [0.15, 0.2) is 0 Å².